The zero-order valence-electron chi connectivity index (χ0n) is 20.5. The Kier molecular flexibility index (Phi) is 7.06. The van der Waals surface area contributed by atoms with Crippen LogP contribution in [0.5, 0.6) is 0 Å². The highest BCUT2D eigenvalue weighted by molar-refractivity contribution is 5.94. The largest absolute Gasteiger partial charge is 0.461 e. The van der Waals surface area contributed by atoms with Crippen molar-refractivity contribution in [3.05, 3.63) is 70.9 Å². The van der Waals surface area contributed by atoms with E-state index >= 15 is 0 Å². The van der Waals surface area contributed by atoms with E-state index in [2.05, 4.69) is 57.2 Å². The van der Waals surface area contributed by atoms with Crippen molar-refractivity contribution < 1.29 is 14.3 Å². The molecule has 0 saturated carbocycles. The summed E-state index contributed by atoms with van der Waals surface area (Å²) in [6.07, 6.45) is 0. The topological polar surface area (TPSA) is 73.2 Å². The lowest BCUT2D eigenvalue weighted by Gasteiger charge is -2.28. The highest BCUT2D eigenvalue weighted by Crippen LogP contribution is 2.27. The number of nitrogens with one attached hydrogen (secondary N) is 1. The molecule has 0 radical (unpaired) electrons. The maximum absolute atomic E-state index is 12.7. The van der Waals surface area contributed by atoms with E-state index in [1.807, 2.05) is 25.1 Å². The van der Waals surface area contributed by atoms with Crippen molar-refractivity contribution in [1.82, 2.24) is 15.1 Å². The molecule has 33 heavy (non-hydrogen) atoms. The number of esters is 1. The van der Waals surface area contributed by atoms with Gasteiger partial charge in [0, 0.05) is 17.2 Å². The van der Waals surface area contributed by atoms with Crippen molar-refractivity contribution in [2.45, 2.75) is 54.5 Å². The molecule has 1 aromatic heterocycles. The Morgan fingerprint density at radius 2 is 1.70 bits per heavy atom. The first-order chi connectivity index (χ1) is 15.5. The lowest BCUT2D eigenvalue weighted by atomic mass is 9.88. The van der Waals surface area contributed by atoms with Crippen LogP contribution in [0.4, 0.5) is 0 Å². The van der Waals surface area contributed by atoms with Gasteiger partial charge in [0.25, 0.3) is 5.91 Å². The number of nitrogens with zero attached hydrogens (tertiary/aromatic N) is 2. The molecule has 6 heteroatoms. The van der Waals surface area contributed by atoms with E-state index in [0.29, 0.717) is 5.56 Å². The molecule has 174 valence electrons. The van der Waals surface area contributed by atoms with Gasteiger partial charge in [-0.3, -0.25) is 4.79 Å². The number of rotatable bonds is 6. The van der Waals surface area contributed by atoms with Crippen LogP contribution in [-0.2, 0) is 4.74 Å². The zero-order chi connectivity index (χ0) is 24.3. The summed E-state index contributed by atoms with van der Waals surface area (Å²) in [5, 5.41) is 7.58. The van der Waals surface area contributed by atoms with Crippen molar-refractivity contribution in [3.8, 4) is 16.9 Å². The maximum atomic E-state index is 12.7. The molecule has 0 saturated heterocycles. The maximum Gasteiger partial charge on any atom is 0.358 e. The van der Waals surface area contributed by atoms with Crippen LogP contribution in [-0.4, -0.2) is 34.3 Å². The van der Waals surface area contributed by atoms with Crippen LogP contribution in [0, 0.1) is 19.3 Å². The molecule has 1 N–H and O–H groups in total. The molecule has 3 rings (SSSR count). The molecule has 0 unspecified atom stereocenters. The number of benzene rings is 2. The van der Waals surface area contributed by atoms with Crippen molar-refractivity contribution in [3.63, 3.8) is 0 Å². The smallest absolute Gasteiger partial charge is 0.358 e. The number of carbonyl (C=O) groups is 2. The average molecular weight is 448 g/mol. The molecule has 2 aromatic carbocycles. The number of aromatic nitrogens is 2. The molecule has 0 aliphatic rings. The molecule has 1 amide bonds. The normalized spacial score (nSPS) is 12.3. The fourth-order valence-corrected chi connectivity index (χ4v) is 3.24. The first kappa shape index (κ1) is 24.2. The number of amides is 1. The Morgan fingerprint density at radius 3 is 2.27 bits per heavy atom. The minimum atomic E-state index is -0.464. The quantitative estimate of drug-likeness (QED) is 0.507. The summed E-state index contributed by atoms with van der Waals surface area (Å²) >= 11 is 0. The third-order valence-electron chi connectivity index (χ3n) is 6.02. The first-order valence-corrected chi connectivity index (χ1v) is 11.3. The van der Waals surface area contributed by atoms with Gasteiger partial charge in [0.15, 0.2) is 5.69 Å². The van der Waals surface area contributed by atoms with Crippen molar-refractivity contribution in [1.29, 1.82) is 0 Å². The van der Waals surface area contributed by atoms with Crippen LogP contribution in [0.15, 0.2) is 48.5 Å². The van der Waals surface area contributed by atoms with Gasteiger partial charge in [-0.2, -0.15) is 5.10 Å². The Balaban J connectivity index is 1.98. The standard InChI is InChI=1S/C27H33N3O3/c1-8-33-26(32)23-16-24(21-10-9-17(2)18(3)15-21)30(29-23)22-13-11-20(12-14-22)25(31)28-19(4)27(5,6)7/h9-16,19H,8H2,1-7H3,(H,28,31)/t19-/m1/s1. The van der Waals surface area contributed by atoms with E-state index in [4.69, 9.17) is 4.74 Å². The van der Waals surface area contributed by atoms with E-state index in [9.17, 15) is 9.59 Å². The summed E-state index contributed by atoms with van der Waals surface area (Å²) in [6, 6.07) is 15.1. The lowest BCUT2D eigenvalue weighted by Crippen LogP contribution is -2.41. The molecule has 1 atom stereocenters. The summed E-state index contributed by atoms with van der Waals surface area (Å²) in [6.45, 7) is 14.4. The van der Waals surface area contributed by atoms with Gasteiger partial charge >= 0.3 is 5.97 Å². The van der Waals surface area contributed by atoms with E-state index in [1.165, 1.54) is 5.56 Å². The monoisotopic (exact) mass is 447 g/mol. The third-order valence-corrected chi connectivity index (χ3v) is 6.02. The summed E-state index contributed by atoms with van der Waals surface area (Å²) in [5.74, 6) is -0.584. The second-order valence-electron chi connectivity index (χ2n) is 9.45. The molecule has 0 aliphatic heterocycles. The molecule has 0 fully saturated rings. The van der Waals surface area contributed by atoms with Crippen LogP contribution in [0.2, 0.25) is 0 Å². The van der Waals surface area contributed by atoms with E-state index in [1.54, 1.807) is 29.8 Å². The fourth-order valence-electron chi connectivity index (χ4n) is 3.24. The van der Waals surface area contributed by atoms with Gasteiger partial charge in [0.05, 0.1) is 18.0 Å². The highest BCUT2D eigenvalue weighted by Gasteiger charge is 2.22. The van der Waals surface area contributed by atoms with Gasteiger partial charge < -0.3 is 10.1 Å². The van der Waals surface area contributed by atoms with E-state index in [0.717, 1.165) is 22.5 Å². The second kappa shape index (κ2) is 9.61. The fraction of sp³-hybridized carbons (Fsp3) is 0.370. The summed E-state index contributed by atoms with van der Waals surface area (Å²) < 4.78 is 6.88. The minimum Gasteiger partial charge on any atom is -0.461 e. The summed E-state index contributed by atoms with van der Waals surface area (Å²) in [5.41, 5.74) is 5.59. The molecule has 0 bridgehead atoms. The van der Waals surface area contributed by atoms with Gasteiger partial charge in [-0.15, -0.1) is 0 Å². The number of hydrogen-bond acceptors (Lipinski definition) is 4. The van der Waals surface area contributed by atoms with Crippen molar-refractivity contribution in [2.24, 2.45) is 5.41 Å². The number of ether oxygens (including phenoxy) is 1. The third kappa shape index (κ3) is 5.51. The predicted octanol–water partition coefficient (Wildman–Crippen LogP) is 5.50. The molecule has 1 heterocycles. The van der Waals surface area contributed by atoms with Gasteiger partial charge in [0.1, 0.15) is 0 Å². The number of hydrogen-bond donors (Lipinski definition) is 1. The minimum absolute atomic E-state index is 0.0271. The average Bonchev–Trinajstić information content (AvgIpc) is 3.21. The van der Waals surface area contributed by atoms with Crippen molar-refractivity contribution >= 4 is 11.9 Å². The Hall–Kier alpha value is -3.41. The second-order valence-corrected chi connectivity index (χ2v) is 9.45. The van der Waals surface area contributed by atoms with E-state index < -0.39 is 5.97 Å². The highest BCUT2D eigenvalue weighted by atomic mass is 16.5. The van der Waals surface area contributed by atoms with Crippen LogP contribution in [0.1, 0.15) is 66.6 Å². The predicted molar refractivity (Wildman–Crippen MR) is 131 cm³/mol. The van der Waals surface area contributed by atoms with Gasteiger partial charge in [-0.1, -0.05) is 32.9 Å². The Bertz CT molecular complexity index is 1150. The van der Waals surface area contributed by atoms with Crippen molar-refractivity contribution in [2.75, 3.05) is 6.61 Å². The molecular formula is C27H33N3O3. The van der Waals surface area contributed by atoms with Gasteiger partial charge in [-0.25, -0.2) is 9.48 Å². The molecule has 6 nitrogen and oxygen atoms in total. The van der Waals surface area contributed by atoms with Crippen LogP contribution in [0.25, 0.3) is 16.9 Å². The Labute approximate surface area is 196 Å². The van der Waals surface area contributed by atoms with Gasteiger partial charge in [-0.05, 0) is 80.6 Å². The van der Waals surface area contributed by atoms with Gasteiger partial charge in [0.2, 0.25) is 0 Å². The van der Waals surface area contributed by atoms with Crippen LogP contribution in [0.3, 0.4) is 0 Å². The van der Waals surface area contributed by atoms with E-state index in [-0.39, 0.29) is 29.7 Å². The lowest BCUT2D eigenvalue weighted by molar-refractivity contribution is 0.0518. The molecular weight excluding hydrogens is 414 g/mol. The van der Waals surface area contributed by atoms with Crippen LogP contribution < -0.4 is 5.32 Å². The number of carbonyl (C=O) groups excluding carboxylic acids is 2. The van der Waals surface area contributed by atoms with Crippen LogP contribution >= 0.6 is 0 Å². The zero-order valence-corrected chi connectivity index (χ0v) is 20.5. The molecule has 0 aliphatic carbocycles. The summed E-state index contributed by atoms with van der Waals surface area (Å²) in [7, 11) is 0. The first-order valence-electron chi connectivity index (χ1n) is 11.3. The molecule has 3 aromatic rings. The Morgan fingerprint density at radius 1 is 1.03 bits per heavy atom. The molecule has 0 spiro atoms. The summed E-state index contributed by atoms with van der Waals surface area (Å²) in [4.78, 5) is 25.0. The SMILES string of the molecule is CCOC(=O)c1cc(-c2ccc(C)c(C)c2)n(-c2ccc(C(=O)N[C@H](C)C(C)(C)C)cc2)n1. The number of aryl methyl sites for hydroxylation is 2.